The molecule has 0 saturated heterocycles. The van der Waals surface area contributed by atoms with Gasteiger partial charge in [0.05, 0.1) is 6.54 Å². The van der Waals surface area contributed by atoms with Crippen LogP contribution in [0.2, 0.25) is 0 Å². The second-order valence-electron chi connectivity index (χ2n) is 9.07. The highest BCUT2D eigenvalue weighted by molar-refractivity contribution is 5.80. The van der Waals surface area contributed by atoms with Crippen LogP contribution >= 0.6 is 0 Å². The molecule has 32 heavy (non-hydrogen) atoms. The fourth-order valence-electron chi connectivity index (χ4n) is 3.68. The van der Waals surface area contributed by atoms with Crippen LogP contribution in [-0.4, -0.2) is 35.5 Å². The number of aliphatic imine (C=N–C) groups is 1. The smallest absolute Gasteiger partial charge is 0.223 e. The number of carbonyl (C=O) groups is 1. The molecule has 6 heteroatoms. The zero-order valence-electron chi connectivity index (χ0n) is 19.8. The summed E-state index contributed by atoms with van der Waals surface area (Å²) in [5, 5.41) is 6.63. The maximum atomic E-state index is 12.6. The first kappa shape index (κ1) is 23.6. The summed E-state index contributed by atoms with van der Waals surface area (Å²) in [6.45, 7) is 11.6. The molecule has 1 amide bonds. The fraction of sp³-hybridized carbons (Fsp3) is 0.462. The molecular formula is C26H36N4O2. The van der Waals surface area contributed by atoms with Gasteiger partial charge in [-0.05, 0) is 51.3 Å². The van der Waals surface area contributed by atoms with Crippen LogP contribution in [0.3, 0.4) is 0 Å². The summed E-state index contributed by atoms with van der Waals surface area (Å²) < 4.78 is 6.07. The van der Waals surface area contributed by atoms with Crippen LogP contribution in [0, 0.1) is 0 Å². The van der Waals surface area contributed by atoms with Crippen molar-refractivity contribution in [2.45, 2.75) is 65.8 Å². The van der Waals surface area contributed by atoms with Gasteiger partial charge in [-0.3, -0.25) is 4.79 Å². The summed E-state index contributed by atoms with van der Waals surface area (Å²) in [4.78, 5) is 19.2. The van der Waals surface area contributed by atoms with Crippen LogP contribution in [-0.2, 0) is 24.4 Å². The first-order chi connectivity index (χ1) is 15.4. The van der Waals surface area contributed by atoms with Gasteiger partial charge in [0.25, 0.3) is 0 Å². The van der Waals surface area contributed by atoms with E-state index in [1.807, 2.05) is 69.0 Å². The molecule has 0 aliphatic carbocycles. The van der Waals surface area contributed by atoms with Crippen molar-refractivity contribution in [3.8, 4) is 5.75 Å². The van der Waals surface area contributed by atoms with Gasteiger partial charge in [0.15, 0.2) is 5.96 Å². The lowest BCUT2D eigenvalue weighted by Crippen LogP contribution is -2.38. The molecule has 0 atom stereocenters. The molecule has 0 saturated carbocycles. The van der Waals surface area contributed by atoms with E-state index < -0.39 is 0 Å². The molecule has 0 aromatic heterocycles. The average molecular weight is 437 g/mol. The molecule has 0 radical (unpaired) electrons. The number of nitrogens with zero attached hydrogens (tertiary/aromatic N) is 2. The van der Waals surface area contributed by atoms with E-state index in [0.717, 1.165) is 43.3 Å². The van der Waals surface area contributed by atoms with Gasteiger partial charge in [-0.15, -0.1) is 0 Å². The number of rotatable bonds is 8. The second-order valence-corrected chi connectivity index (χ2v) is 9.07. The molecular weight excluding hydrogens is 400 g/mol. The van der Waals surface area contributed by atoms with Gasteiger partial charge in [-0.2, -0.15) is 0 Å². The van der Waals surface area contributed by atoms with E-state index in [-0.39, 0.29) is 11.5 Å². The molecule has 2 N–H and O–H groups in total. The summed E-state index contributed by atoms with van der Waals surface area (Å²) in [6, 6.07) is 16.3. The van der Waals surface area contributed by atoms with Gasteiger partial charge < -0.3 is 20.3 Å². The Morgan fingerprint density at radius 1 is 1.03 bits per heavy atom. The number of hydrogen-bond donors (Lipinski definition) is 2. The number of hydrogen-bond acceptors (Lipinski definition) is 3. The van der Waals surface area contributed by atoms with Gasteiger partial charge >= 0.3 is 0 Å². The molecule has 172 valence electrons. The predicted octanol–water partition coefficient (Wildman–Crippen LogP) is 4.24. The Morgan fingerprint density at radius 2 is 1.69 bits per heavy atom. The highest BCUT2D eigenvalue weighted by Gasteiger charge is 2.22. The Kier molecular flexibility index (Phi) is 8.14. The van der Waals surface area contributed by atoms with Crippen molar-refractivity contribution in [3.63, 3.8) is 0 Å². The van der Waals surface area contributed by atoms with Crippen molar-refractivity contribution in [2.75, 3.05) is 13.1 Å². The molecule has 1 aliphatic heterocycles. The Labute approximate surface area is 192 Å². The van der Waals surface area contributed by atoms with E-state index in [4.69, 9.17) is 9.73 Å². The number of benzene rings is 2. The quantitative estimate of drug-likeness (QED) is 0.369. The first-order valence-electron chi connectivity index (χ1n) is 11.5. The fourth-order valence-corrected chi connectivity index (χ4v) is 3.68. The third-order valence-corrected chi connectivity index (χ3v) is 5.19. The minimum atomic E-state index is -0.258. The van der Waals surface area contributed by atoms with Crippen molar-refractivity contribution >= 4 is 11.9 Å². The third kappa shape index (κ3) is 7.01. The van der Waals surface area contributed by atoms with Gasteiger partial charge in [0.1, 0.15) is 11.4 Å². The van der Waals surface area contributed by atoms with Crippen LogP contribution in [0.25, 0.3) is 0 Å². The molecule has 2 aromatic carbocycles. The largest absolute Gasteiger partial charge is 0.488 e. The highest BCUT2D eigenvalue weighted by atomic mass is 16.5. The summed E-state index contributed by atoms with van der Waals surface area (Å²) in [5.74, 6) is 1.81. The monoisotopic (exact) mass is 436 g/mol. The SMILES string of the molecule is CCNC(=NCc1ccccc1OC(C)(C)C)NCCCC(=O)N1Cc2ccccc2C1. The molecule has 0 bridgehead atoms. The average Bonchev–Trinajstić information content (AvgIpc) is 3.19. The lowest BCUT2D eigenvalue weighted by Gasteiger charge is -2.23. The Bertz CT molecular complexity index is 908. The normalized spacial score (nSPS) is 13.6. The maximum Gasteiger partial charge on any atom is 0.223 e. The Morgan fingerprint density at radius 3 is 2.34 bits per heavy atom. The first-order valence-corrected chi connectivity index (χ1v) is 11.5. The third-order valence-electron chi connectivity index (χ3n) is 5.19. The standard InChI is InChI=1S/C26H36N4O2/c1-5-27-25(29-17-20-11-8-9-14-23(20)32-26(2,3)4)28-16-10-15-24(31)30-18-21-12-6-7-13-22(21)19-30/h6-9,11-14H,5,10,15-19H2,1-4H3,(H2,27,28,29). The number of para-hydroxylation sites is 1. The lowest BCUT2D eigenvalue weighted by atomic mass is 10.1. The summed E-state index contributed by atoms with van der Waals surface area (Å²) in [7, 11) is 0. The molecule has 6 nitrogen and oxygen atoms in total. The summed E-state index contributed by atoms with van der Waals surface area (Å²) in [5.41, 5.74) is 3.31. The molecule has 1 heterocycles. The van der Waals surface area contributed by atoms with Gasteiger partial charge in [0.2, 0.25) is 5.91 Å². The molecule has 0 unspecified atom stereocenters. The molecule has 3 rings (SSSR count). The molecule has 1 aliphatic rings. The van der Waals surface area contributed by atoms with E-state index >= 15 is 0 Å². The number of ether oxygens (including phenoxy) is 1. The Hall–Kier alpha value is -3.02. The minimum absolute atomic E-state index is 0.207. The topological polar surface area (TPSA) is 66.0 Å². The van der Waals surface area contributed by atoms with Crippen LogP contribution in [0.5, 0.6) is 5.75 Å². The molecule has 0 spiro atoms. The minimum Gasteiger partial charge on any atom is -0.488 e. The summed E-state index contributed by atoms with van der Waals surface area (Å²) >= 11 is 0. The van der Waals surface area contributed by atoms with Gasteiger partial charge in [-0.25, -0.2) is 4.99 Å². The van der Waals surface area contributed by atoms with Crippen LogP contribution in [0.4, 0.5) is 0 Å². The molecule has 2 aromatic rings. The number of amides is 1. The summed E-state index contributed by atoms with van der Waals surface area (Å²) in [6.07, 6.45) is 1.29. The second kappa shape index (κ2) is 11.0. The van der Waals surface area contributed by atoms with Gasteiger partial charge in [0, 0.05) is 38.2 Å². The van der Waals surface area contributed by atoms with Crippen molar-refractivity contribution in [1.82, 2.24) is 15.5 Å². The van der Waals surface area contributed by atoms with Crippen molar-refractivity contribution in [2.24, 2.45) is 4.99 Å². The van der Waals surface area contributed by atoms with E-state index in [1.54, 1.807) is 0 Å². The zero-order chi connectivity index (χ0) is 23.0. The van der Waals surface area contributed by atoms with E-state index in [2.05, 4.69) is 22.8 Å². The predicted molar refractivity (Wildman–Crippen MR) is 130 cm³/mol. The van der Waals surface area contributed by atoms with Crippen LogP contribution in [0.1, 0.15) is 57.2 Å². The van der Waals surface area contributed by atoms with Crippen LogP contribution < -0.4 is 15.4 Å². The number of fused-ring (bicyclic) bond motifs is 1. The number of guanidine groups is 1. The van der Waals surface area contributed by atoms with Gasteiger partial charge in [-0.1, -0.05) is 42.5 Å². The number of carbonyl (C=O) groups excluding carboxylic acids is 1. The lowest BCUT2D eigenvalue weighted by molar-refractivity contribution is -0.131. The van der Waals surface area contributed by atoms with E-state index in [1.165, 1.54) is 11.1 Å². The highest BCUT2D eigenvalue weighted by Crippen LogP contribution is 2.24. The maximum absolute atomic E-state index is 12.6. The van der Waals surface area contributed by atoms with E-state index in [0.29, 0.717) is 19.5 Å². The Balaban J connectivity index is 1.48. The zero-order valence-corrected chi connectivity index (χ0v) is 19.8. The van der Waals surface area contributed by atoms with Crippen molar-refractivity contribution < 1.29 is 9.53 Å². The van der Waals surface area contributed by atoms with E-state index in [9.17, 15) is 4.79 Å². The number of nitrogens with one attached hydrogen (secondary N) is 2. The van der Waals surface area contributed by atoms with Crippen molar-refractivity contribution in [3.05, 3.63) is 65.2 Å². The molecule has 0 fully saturated rings. The van der Waals surface area contributed by atoms with Crippen molar-refractivity contribution in [1.29, 1.82) is 0 Å². The van der Waals surface area contributed by atoms with Crippen LogP contribution in [0.15, 0.2) is 53.5 Å².